The monoisotopic (exact) mass is 424 g/mol. The van der Waals surface area contributed by atoms with Crippen molar-refractivity contribution in [3.8, 4) is 5.75 Å². The minimum absolute atomic E-state index is 0.173. The molecule has 0 saturated heterocycles. The smallest absolute Gasteiger partial charge is 0.232 e. The first kappa shape index (κ1) is 22.0. The van der Waals surface area contributed by atoms with Gasteiger partial charge in [0, 0.05) is 18.0 Å². The summed E-state index contributed by atoms with van der Waals surface area (Å²) >= 11 is 6.03. The van der Waals surface area contributed by atoms with Gasteiger partial charge in [0.15, 0.2) is 0 Å². The Balaban J connectivity index is 2.03. The van der Waals surface area contributed by atoms with Crippen LogP contribution in [-0.2, 0) is 14.8 Å². The van der Waals surface area contributed by atoms with Crippen molar-refractivity contribution in [2.24, 2.45) is 0 Å². The van der Waals surface area contributed by atoms with Crippen LogP contribution in [0.4, 0.5) is 11.4 Å². The number of para-hydroxylation sites is 2. The van der Waals surface area contributed by atoms with E-state index in [4.69, 9.17) is 16.3 Å². The highest BCUT2D eigenvalue weighted by Crippen LogP contribution is 2.27. The van der Waals surface area contributed by atoms with Gasteiger partial charge in [0.1, 0.15) is 5.75 Å². The van der Waals surface area contributed by atoms with Crippen LogP contribution in [0.2, 0.25) is 5.02 Å². The lowest BCUT2D eigenvalue weighted by Crippen LogP contribution is -2.32. The summed E-state index contributed by atoms with van der Waals surface area (Å²) < 4.78 is 31.3. The second-order valence-electron chi connectivity index (χ2n) is 6.35. The number of ether oxygens (including phenoxy) is 1. The predicted octanol–water partition coefficient (Wildman–Crippen LogP) is 4.23. The van der Waals surface area contributed by atoms with Crippen molar-refractivity contribution in [1.29, 1.82) is 0 Å². The zero-order valence-corrected chi connectivity index (χ0v) is 17.8. The molecule has 0 aliphatic rings. The van der Waals surface area contributed by atoms with Crippen LogP contribution in [0.25, 0.3) is 0 Å². The average molecular weight is 425 g/mol. The molecule has 0 aliphatic carbocycles. The van der Waals surface area contributed by atoms with Gasteiger partial charge in [-0.25, -0.2) is 8.42 Å². The second-order valence-corrected chi connectivity index (χ2v) is 8.69. The first-order chi connectivity index (χ1) is 13.2. The third-order valence-electron chi connectivity index (χ3n) is 4.07. The highest BCUT2D eigenvalue weighted by molar-refractivity contribution is 7.92. The largest absolute Gasteiger partial charge is 0.492 e. The highest BCUT2D eigenvalue weighted by Gasteiger charge is 2.20. The number of carbonyl (C=O) groups is 1. The molecular formula is C20H25ClN2O4S. The fourth-order valence-electron chi connectivity index (χ4n) is 2.76. The molecule has 0 spiro atoms. The molecule has 0 radical (unpaired) electrons. The number of aryl methyl sites for hydroxylation is 1. The lowest BCUT2D eigenvalue weighted by atomic mass is 10.2. The molecule has 2 aromatic rings. The number of nitrogens with zero attached hydrogens (tertiary/aromatic N) is 1. The topological polar surface area (TPSA) is 75.7 Å². The Hall–Kier alpha value is -2.25. The Labute approximate surface area is 171 Å². The summed E-state index contributed by atoms with van der Waals surface area (Å²) in [5, 5.41) is 3.27. The first-order valence-electron chi connectivity index (χ1n) is 8.98. The maximum Gasteiger partial charge on any atom is 0.232 e. The van der Waals surface area contributed by atoms with Crippen LogP contribution in [0.1, 0.15) is 25.3 Å². The van der Waals surface area contributed by atoms with E-state index in [1.165, 1.54) is 4.31 Å². The Morgan fingerprint density at radius 2 is 1.93 bits per heavy atom. The molecule has 8 heteroatoms. The third kappa shape index (κ3) is 6.14. The van der Waals surface area contributed by atoms with Gasteiger partial charge < -0.3 is 10.1 Å². The Morgan fingerprint density at radius 1 is 1.21 bits per heavy atom. The van der Waals surface area contributed by atoms with Crippen LogP contribution in [0.3, 0.4) is 0 Å². The molecule has 0 bridgehead atoms. The molecular weight excluding hydrogens is 400 g/mol. The van der Waals surface area contributed by atoms with Crippen LogP contribution in [-0.4, -0.2) is 33.7 Å². The zero-order valence-electron chi connectivity index (χ0n) is 16.2. The van der Waals surface area contributed by atoms with Gasteiger partial charge in [-0.1, -0.05) is 29.8 Å². The number of hydrogen-bond acceptors (Lipinski definition) is 4. The number of benzene rings is 2. The summed E-state index contributed by atoms with van der Waals surface area (Å²) in [6.45, 7) is 4.37. The van der Waals surface area contributed by atoms with Crippen molar-refractivity contribution in [2.45, 2.75) is 26.7 Å². The maximum absolute atomic E-state index is 12.3. The summed E-state index contributed by atoms with van der Waals surface area (Å²) in [7, 11) is -3.51. The molecule has 0 fully saturated rings. The number of hydrogen-bond donors (Lipinski definition) is 1. The number of nitrogens with one attached hydrogen (secondary N) is 1. The molecule has 1 N–H and O–H groups in total. The highest BCUT2D eigenvalue weighted by atomic mass is 35.5. The number of halogens is 1. The molecule has 0 unspecified atom stereocenters. The van der Waals surface area contributed by atoms with Crippen molar-refractivity contribution < 1.29 is 17.9 Å². The van der Waals surface area contributed by atoms with Crippen LogP contribution in [0.5, 0.6) is 5.75 Å². The lowest BCUT2D eigenvalue weighted by Gasteiger charge is -2.24. The van der Waals surface area contributed by atoms with E-state index < -0.39 is 10.0 Å². The molecule has 0 saturated carbocycles. The SMILES string of the molecule is CCOc1ccccc1NC(=O)CCCN(c1cc(Cl)ccc1C)S(C)(=O)=O. The standard InChI is InChI=1S/C20H25ClN2O4S/c1-4-27-19-9-6-5-8-17(19)22-20(24)10-7-13-23(28(3,25)26)18-14-16(21)12-11-15(18)2/h5-6,8-9,11-12,14H,4,7,10,13H2,1-3H3,(H,22,24). The molecule has 2 aromatic carbocycles. The van der Waals surface area contributed by atoms with Crippen molar-refractivity contribution >= 4 is 38.9 Å². The van der Waals surface area contributed by atoms with Gasteiger partial charge in [0.2, 0.25) is 15.9 Å². The Morgan fingerprint density at radius 3 is 2.61 bits per heavy atom. The van der Waals surface area contributed by atoms with E-state index in [0.717, 1.165) is 11.8 Å². The summed E-state index contributed by atoms with van der Waals surface area (Å²) in [5.74, 6) is 0.397. The molecule has 28 heavy (non-hydrogen) atoms. The van der Waals surface area contributed by atoms with E-state index in [-0.39, 0.29) is 18.9 Å². The molecule has 6 nitrogen and oxygen atoms in total. The molecule has 0 aromatic heterocycles. The third-order valence-corrected chi connectivity index (χ3v) is 5.48. The number of anilines is 2. The fourth-order valence-corrected chi connectivity index (χ4v) is 3.94. The van der Waals surface area contributed by atoms with Crippen molar-refractivity contribution in [3.63, 3.8) is 0 Å². The fraction of sp³-hybridized carbons (Fsp3) is 0.350. The average Bonchev–Trinajstić information content (AvgIpc) is 2.62. The van der Waals surface area contributed by atoms with E-state index in [1.54, 1.807) is 30.3 Å². The normalized spacial score (nSPS) is 11.1. The number of sulfonamides is 1. The van der Waals surface area contributed by atoms with Crippen LogP contribution in [0.15, 0.2) is 42.5 Å². The maximum atomic E-state index is 12.3. The Bertz CT molecular complexity index is 932. The predicted molar refractivity (Wildman–Crippen MR) is 114 cm³/mol. The minimum atomic E-state index is -3.51. The zero-order chi connectivity index (χ0) is 20.7. The summed E-state index contributed by atoms with van der Waals surface area (Å²) in [6.07, 6.45) is 1.68. The molecule has 1 amide bonds. The van der Waals surface area contributed by atoms with E-state index >= 15 is 0 Å². The van der Waals surface area contributed by atoms with E-state index in [9.17, 15) is 13.2 Å². The molecule has 0 aliphatic heterocycles. The van der Waals surface area contributed by atoms with E-state index in [2.05, 4.69) is 5.32 Å². The van der Waals surface area contributed by atoms with Crippen LogP contribution < -0.4 is 14.4 Å². The van der Waals surface area contributed by atoms with Crippen LogP contribution in [0, 0.1) is 6.92 Å². The summed E-state index contributed by atoms with van der Waals surface area (Å²) in [4.78, 5) is 12.3. The van der Waals surface area contributed by atoms with Crippen molar-refractivity contribution in [3.05, 3.63) is 53.1 Å². The molecule has 152 valence electrons. The van der Waals surface area contributed by atoms with Gasteiger partial charge in [-0.3, -0.25) is 9.10 Å². The van der Waals surface area contributed by atoms with E-state index in [0.29, 0.717) is 35.2 Å². The quantitative estimate of drug-likeness (QED) is 0.653. The minimum Gasteiger partial charge on any atom is -0.492 e. The number of carbonyl (C=O) groups excluding carboxylic acids is 1. The van der Waals surface area contributed by atoms with Crippen LogP contribution >= 0.6 is 11.6 Å². The van der Waals surface area contributed by atoms with Gasteiger partial charge in [-0.2, -0.15) is 0 Å². The Kier molecular flexibility index (Phi) is 7.71. The van der Waals surface area contributed by atoms with Gasteiger partial charge >= 0.3 is 0 Å². The molecule has 2 rings (SSSR count). The van der Waals surface area contributed by atoms with Gasteiger partial charge in [-0.05, 0) is 50.1 Å². The number of amides is 1. The van der Waals surface area contributed by atoms with Gasteiger partial charge in [0.25, 0.3) is 0 Å². The van der Waals surface area contributed by atoms with Gasteiger partial charge in [0.05, 0.1) is 24.2 Å². The van der Waals surface area contributed by atoms with Gasteiger partial charge in [-0.15, -0.1) is 0 Å². The second kappa shape index (κ2) is 9.80. The molecule has 0 atom stereocenters. The van der Waals surface area contributed by atoms with Crippen molar-refractivity contribution in [1.82, 2.24) is 0 Å². The first-order valence-corrected chi connectivity index (χ1v) is 11.2. The summed E-state index contributed by atoms with van der Waals surface area (Å²) in [5.41, 5.74) is 1.92. The number of rotatable bonds is 9. The lowest BCUT2D eigenvalue weighted by molar-refractivity contribution is -0.116. The van der Waals surface area contributed by atoms with E-state index in [1.807, 2.05) is 26.0 Å². The van der Waals surface area contributed by atoms with Crippen molar-refractivity contribution in [2.75, 3.05) is 29.0 Å². The molecule has 0 heterocycles. The summed E-state index contributed by atoms with van der Waals surface area (Å²) in [6, 6.07) is 12.3.